The number of nitrogens with zero attached hydrogens (tertiary/aromatic N) is 3. The van der Waals surface area contributed by atoms with Crippen LogP contribution in [0.4, 0.5) is 5.82 Å². The van der Waals surface area contributed by atoms with Gasteiger partial charge in [0.2, 0.25) is 5.60 Å². The van der Waals surface area contributed by atoms with E-state index in [-0.39, 0.29) is 29.7 Å². The quantitative estimate of drug-likeness (QED) is 0.161. The summed E-state index contributed by atoms with van der Waals surface area (Å²) < 4.78 is 37.0. The summed E-state index contributed by atoms with van der Waals surface area (Å²) in [7, 11) is -4.31. The van der Waals surface area contributed by atoms with Crippen LogP contribution in [-0.2, 0) is 29.0 Å². The summed E-state index contributed by atoms with van der Waals surface area (Å²) in [6.45, 7) is 5.10. The average Bonchev–Trinajstić information content (AvgIpc) is 3.53. The van der Waals surface area contributed by atoms with E-state index in [9.17, 15) is 24.8 Å². The van der Waals surface area contributed by atoms with Gasteiger partial charge in [-0.2, -0.15) is 10.3 Å². The van der Waals surface area contributed by atoms with Crippen LogP contribution in [0.2, 0.25) is 0 Å². The zero-order valence-corrected chi connectivity index (χ0v) is 25.1. The number of hydrogen-bond acceptors (Lipinski definition) is 13. The number of aliphatic hydroxyl groups is 2. The number of hydrogen-bond donors (Lipinski definition) is 4. The zero-order valence-electron chi connectivity index (χ0n) is 23.4. The molecule has 5 N–H and O–H groups in total. The van der Waals surface area contributed by atoms with E-state index >= 15 is 0 Å². The summed E-state index contributed by atoms with van der Waals surface area (Å²) in [5.74, 6) is -0.0768. The summed E-state index contributed by atoms with van der Waals surface area (Å²) in [6.07, 6.45) is -1.76. The first-order valence-electron chi connectivity index (χ1n) is 13.4. The molecule has 3 aromatic rings. The van der Waals surface area contributed by atoms with Gasteiger partial charge in [0.05, 0.1) is 23.4 Å². The number of esters is 1. The van der Waals surface area contributed by atoms with Gasteiger partial charge in [0.25, 0.3) is 0 Å². The van der Waals surface area contributed by atoms with Crippen LogP contribution < -0.4 is 15.3 Å². The van der Waals surface area contributed by atoms with Crippen molar-refractivity contribution in [3.63, 3.8) is 0 Å². The fourth-order valence-corrected chi connectivity index (χ4v) is 6.96. The number of thiophene rings is 1. The van der Waals surface area contributed by atoms with Crippen LogP contribution in [0.25, 0.3) is 10.2 Å². The molecule has 0 spiro atoms. The highest BCUT2D eigenvalue weighted by Crippen LogP contribution is 2.48. The van der Waals surface area contributed by atoms with Gasteiger partial charge in [0.15, 0.2) is 0 Å². The van der Waals surface area contributed by atoms with Crippen molar-refractivity contribution in [1.29, 1.82) is 5.26 Å². The lowest BCUT2D eigenvalue weighted by atomic mass is 9.89. The molecule has 0 amide bonds. The smallest absolute Gasteiger partial charge is 0.459 e. The largest absolute Gasteiger partial charge is 0.464 e. The van der Waals surface area contributed by atoms with Crippen LogP contribution in [0.1, 0.15) is 39.2 Å². The van der Waals surface area contributed by atoms with Crippen LogP contribution in [0, 0.1) is 17.2 Å². The monoisotopic (exact) mass is 619 g/mol. The fraction of sp³-hybridized carbons (Fsp3) is 0.481. The topological polar surface area (TPSA) is 199 Å². The Morgan fingerprint density at radius 2 is 2.00 bits per heavy atom. The maximum absolute atomic E-state index is 13.9. The molecule has 0 saturated carbocycles. The third kappa shape index (κ3) is 6.58. The number of anilines is 1. The van der Waals surface area contributed by atoms with Gasteiger partial charge in [-0.3, -0.25) is 9.32 Å². The van der Waals surface area contributed by atoms with E-state index in [0.29, 0.717) is 10.2 Å². The van der Waals surface area contributed by atoms with Gasteiger partial charge < -0.3 is 29.9 Å². The minimum absolute atomic E-state index is 0.187. The molecule has 1 aliphatic heterocycles. The number of rotatable bonds is 13. The Bertz CT molecular complexity index is 1470. The Kier molecular flexibility index (Phi) is 10.2. The molecule has 1 saturated heterocycles. The fourth-order valence-electron chi connectivity index (χ4n) is 4.48. The summed E-state index contributed by atoms with van der Waals surface area (Å²) in [5, 5.41) is 36.2. The maximum Gasteiger partial charge on any atom is 0.459 e. The van der Waals surface area contributed by atoms with E-state index in [2.05, 4.69) is 15.1 Å². The second-order valence-corrected chi connectivity index (χ2v) is 12.5. The molecule has 3 heterocycles. The number of nitrogens with one attached hydrogen (secondary N) is 1. The molecule has 0 aliphatic carbocycles. The Hall–Kier alpha value is -3.15. The van der Waals surface area contributed by atoms with Gasteiger partial charge in [0.1, 0.15) is 48.3 Å². The number of nitrogen functional groups attached to an aromatic ring is 1. The molecule has 42 heavy (non-hydrogen) atoms. The van der Waals surface area contributed by atoms with Crippen molar-refractivity contribution in [2.45, 2.75) is 63.6 Å². The third-order valence-electron chi connectivity index (χ3n) is 7.10. The maximum atomic E-state index is 13.9. The molecule has 1 aromatic carbocycles. The Balaban J connectivity index is 1.53. The predicted molar refractivity (Wildman–Crippen MR) is 154 cm³/mol. The third-order valence-corrected chi connectivity index (χ3v) is 9.74. The van der Waals surface area contributed by atoms with Crippen LogP contribution in [0.15, 0.2) is 42.0 Å². The van der Waals surface area contributed by atoms with Gasteiger partial charge in [0, 0.05) is 10.9 Å². The molecule has 0 radical (unpaired) electrons. The van der Waals surface area contributed by atoms with Gasteiger partial charge in [-0.25, -0.2) is 14.5 Å². The second-order valence-electron chi connectivity index (χ2n) is 9.89. The number of carbonyl (C=O) groups excluding carboxylic acids is 1. The summed E-state index contributed by atoms with van der Waals surface area (Å²) in [6, 6.07) is 9.03. The number of ether oxygens (including phenoxy) is 2. The van der Waals surface area contributed by atoms with Crippen molar-refractivity contribution in [2.24, 2.45) is 5.92 Å². The second kappa shape index (κ2) is 13.4. The molecule has 1 fully saturated rings. The molecular formula is C27H34N5O8PS. The number of aromatic nitrogens is 2. The van der Waals surface area contributed by atoms with E-state index in [4.69, 9.17) is 24.3 Å². The number of nitrogens with two attached hydrogens (primary N) is 1. The van der Waals surface area contributed by atoms with Gasteiger partial charge >= 0.3 is 13.7 Å². The number of fused-ring (bicyclic) bond motifs is 1. The summed E-state index contributed by atoms with van der Waals surface area (Å²) in [5.41, 5.74) is 4.39. The molecule has 226 valence electrons. The van der Waals surface area contributed by atoms with Gasteiger partial charge in [-0.15, -0.1) is 11.3 Å². The van der Waals surface area contributed by atoms with Crippen molar-refractivity contribution in [3.8, 4) is 11.8 Å². The van der Waals surface area contributed by atoms with E-state index in [1.165, 1.54) is 13.3 Å². The van der Waals surface area contributed by atoms with Crippen molar-refractivity contribution in [2.75, 3.05) is 18.9 Å². The van der Waals surface area contributed by atoms with Crippen LogP contribution >= 0.6 is 19.1 Å². The number of para-hydroxylation sites is 1. The van der Waals surface area contributed by atoms with Crippen molar-refractivity contribution >= 4 is 41.1 Å². The molecular weight excluding hydrogens is 585 g/mol. The van der Waals surface area contributed by atoms with Crippen molar-refractivity contribution in [1.82, 2.24) is 15.1 Å². The first kappa shape index (κ1) is 31.8. The van der Waals surface area contributed by atoms with Crippen LogP contribution in [0.5, 0.6) is 5.75 Å². The van der Waals surface area contributed by atoms with Crippen LogP contribution in [-0.4, -0.2) is 63.7 Å². The molecule has 15 heteroatoms. The summed E-state index contributed by atoms with van der Waals surface area (Å²) >= 11 is 1.16. The van der Waals surface area contributed by atoms with E-state index in [1.54, 1.807) is 35.7 Å². The minimum atomic E-state index is -4.31. The predicted octanol–water partition coefficient (Wildman–Crippen LogP) is 3.27. The van der Waals surface area contributed by atoms with Crippen molar-refractivity contribution < 1.29 is 38.1 Å². The molecule has 2 aromatic heterocycles. The lowest BCUT2D eigenvalue weighted by Gasteiger charge is -2.25. The number of aliphatic hydroxyl groups excluding tert-OH is 2. The standard InChI is InChI=1S/C27H34N5O8PS/c1-4-17(5-2)11-37-26(35)16(3)32-41(36,40-18-9-7-6-8-10-18)38-12-20-22(33)24(34)27(14-28,39-20)19-13-42-23-21(19)30-15-31-25(23)29/h6-10,13,15-17,20,22,24,33-34H,4-5,11-12H2,1-3H3,(H,32,36)(H2,29,30,31)/t16-,20+,22+,24+,27-,41?/m0/s1. The molecule has 1 unspecified atom stereocenters. The minimum Gasteiger partial charge on any atom is -0.464 e. The molecule has 13 nitrogen and oxygen atoms in total. The molecule has 6 atom stereocenters. The van der Waals surface area contributed by atoms with E-state index in [0.717, 1.165) is 24.2 Å². The Morgan fingerprint density at radius 1 is 1.29 bits per heavy atom. The highest BCUT2D eigenvalue weighted by molar-refractivity contribution is 7.52. The van der Waals surface area contributed by atoms with Crippen LogP contribution in [0.3, 0.4) is 0 Å². The Labute approximate surface area is 247 Å². The lowest BCUT2D eigenvalue weighted by molar-refractivity contribution is -0.146. The number of carbonyl (C=O) groups is 1. The molecule has 1 aliphatic rings. The molecule has 4 rings (SSSR count). The van der Waals surface area contributed by atoms with Gasteiger partial charge in [-0.1, -0.05) is 44.9 Å². The normalized spacial score (nSPS) is 24.3. The van der Waals surface area contributed by atoms with E-state index in [1.807, 2.05) is 19.9 Å². The lowest BCUT2D eigenvalue weighted by Crippen LogP contribution is -2.40. The van der Waals surface area contributed by atoms with E-state index < -0.39 is 50.3 Å². The molecule has 0 bridgehead atoms. The highest BCUT2D eigenvalue weighted by atomic mass is 32.1. The number of nitriles is 1. The first-order chi connectivity index (χ1) is 20.1. The Morgan fingerprint density at radius 3 is 2.67 bits per heavy atom. The average molecular weight is 620 g/mol. The first-order valence-corrected chi connectivity index (χ1v) is 15.9. The highest BCUT2D eigenvalue weighted by Gasteiger charge is 2.57. The summed E-state index contributed by atoms with van der Waals surface area (Å²) in [4.78, 5) is 20.8. The van der Waals surface area contributed by atoms with Gasteiger partial charge in [-0.05, 0) is 25.0 Å². The zero-order chi connectivity index (χ0) is 30.5. The number of benzene rings is 1. The SMILES string of the molecule is CCC(CC)COC(=O)[C@H](C)NP(=O)(OC[C@H]1O[C@@](C#N)(c2csc3c(N)ncnc23)[C@H](O)[C@@H]1O)Oc1ccccc1. The van der Waals surface area contributed by atoms with Crippen molar-refractivity contribution in [3.05, 3.63) is 47.6 Å².